The second kappa shape index (κ2) is 4.24. The maximum atomic E-state index is 13.0. The lowest BCUT2D eigenvalue weighted by Gasteiger charge is -2.08. The molecule has 0 fully saturated rings. The predicted molar refractivity (Wildman–Crippen MR) is 57.4 cm³/mol. The SMILES string of the molecule is Fc1ccc(-c2nc(I)no2)cc1C(F)(F)F. The summed E-state index contributed by atoms with van der Waals surface area (Å²) in [5.74, 6) is -1.42. The van der Waals surface area contributed by atoms with Crippen LogP contribution in [-0.2, 0) is 6.18 Å². The van der Waals surface area contributed by atoms with Crippen molar-refractivity contribution in [2.45, 2.75) is 6.18 Å². The van der Waals surface area contributed by atoms with Crippen molar-refractivity contribution in [1.29, 1.82) is 0 Å². The van der Waals surface area contributed by atoms with Gasteiger partial charge in [0.25, 0.3) is 5.89 Å². The Kier molecular flexibility index (Phi) is 3.06. The quantitative estimate of drug-likeness (QED) is 0.579. The first-order valence-electron chi connectivity index (χ1n) is 4.24. The Labute approximate surface area is 106 Å². The Hall–Kier alpha value is -1.19. The zero-order valence-electron chi connectivity index (χ0n) is 7.92. The summed E-state index contributed by atoms with van der Waals surface area (Å²) in [6.45, 7) is 0. The molecule has 0 unspecified atom stereocenters. The van der Waals surface area contributed by atoms with E-state index < -0.39 is 17.6 Å². The lowest BCUT2D eigenvalue weighted by molar-refractivity contribution is -0.139. The molecule has 1 aromatic heterocycles. The Morgan fingerprint density at radius 2 is 1.94 bits per heavy atom. The van der Waals surface area contributed by atoms with Gasteiger partial charge in [0.05, 0.1) is 5.56 Å². The maximum absolute atomic E-state index is 13.0. The first kappa shape index (κ1) is 12.3. The lowest BCUT2D eigenvalue weighted by Crippen LogP contribution is -2.08. The highest BCUT2D eigenvalue weighted by Crippen LogP contribution is 2.33. The van der Waals surface area contributed by atoms with Crippen molar-refractivity contribution in [1.82, 2.24) is 10.1 Å². The number of hydrogen-bond donors (Lipinski definition) is 0. The molecule has 1 aromatic carbocycles. The smallest absolute Gasteiger partial charge is 0.333 e. The zero-order valence-corrected chi connectivity index (χ0v) is 10.1. The normalized spacial score (nSPS) is 11.8. The third kappa shape index (κ3) is 2.56. The van der Waals surface area contributed by atoms with Crippen LogP contribution in [0, 0.1) is 9.65 Å². The van der Waals surface area contributed by atoms with Gasteiger partial charge in [0.2, 0.25) is 3.83 Å². The Morgan fingerprint density at radius 3 is 2.47 bits per heavy atom. The molecule has 0 saturated heterocycles. The van der Waals surface area contributed by atoms with Gasteiger partial charge in [-0.25, -0.2) is 4.39 Å². The van der Waals surface area contributed by atoms with E-state index >= 15 is 0 Å². The van der Waals surface area contributed by atoms with Crippen LogP contribution < -0.4 is 0 Å². The average molecular weight is 358 g/mol. The molecule has 0 aliphatic heterocycles. The van der Waals surface area contributed by atoms with E-state index in [1.165, 1.54) is 0 Å². The third-order valence-corrected chi connectivity index (χ3v) is 2.36. The second-order valence-corrected chi connectivity index (χ2v) is 4.03. The molecule has 17 heavy (non-hydrogen) atoms. The van der Waals surface area contributed by atoms with Crippen molar-refractivity contribution in [3.63, 3.8) is 0 Å². The van der Waals surface area contributed by atoms with Gasteiger partial charge in [-0.1, -0.05) is 5.16 Å². The first-order chi connectivity index (χ1) is 7.88. The molecule has 0 spiro atoms. The van der Waals surface area contributed by atoms with Crippen molar-refractivity contribution in [3.05, 3.63) is 33.4 Å². The standard InChI is InChI=1S/C9H3F4IN2O/c10-6-2-1-4(3-5(6)9(11,12)13)7-15-8(14)16-17-7/h1-3H. The molecule has 0 radical (unpaired) electrons. The van der Waals surface area contributed by atoms with Gasteiger partial charge in [-0.15, -0.1) is 0 Å². The summed E-state index contributed by atoms with van der Waals surface area (Å²) in [7, 11) is 0. The summed E-state index contributed by atoms with van der Waals surface area (Å²) >= 11 is 1.75. The molecule has 0 bridgehead atoms. The summed E-state index contributed by atoms with van der Waals surface area (Å²) < 4.78 is 55.3. The number of hydrogen-bond acceptors (Lipinski definition) is 3. The molecular weight excluding hydrogens is 355 g/mol. The number of benzene rings is 1. The Morgan fingerprint density at radius 1 is 1.24 bits per heavy atom. The van der Waals surface area contributed by atoms with Gasteiger partial charge in [-0.3, -0.25) is 0 Å². The highest BCUT2D eigenvalue weighted by molar-refractivity contribution is 14.1. The first-order valence-corrected chi connectivity index (χ1v) is 5.32. The fourth-order valence-corrected chi connectivity index (χ4v) is 1.52. The van der Waals surface area contributed by atoms with Crippen LogP contribution in [0.15, 0.2) is 22.7 Å². The molecule has 1 heterocycles. The zero-order chi connectivity index (χ0) is 12.6. The van der Waals surface area contributed by atoms with Gasteiger partial charge in [0, 0.05) is 28.2 Å². The van der Waals surface area contributed by atoms with Crippen molar-refractivity contribution in [3.8, 4) is 11.5 Å². The summed E-state index contributed by atoms with van der Waals surface area (Å²) in [5.41, 5.74) is -1.34. The summed E-state index contributed by atoms with van der Waals surface area (Å²) in [6.07, 6.45) is -4.76. The number of aromatic nitrogens is 2. The Balaban J connectivity index is 2.51. The van der Waals surface area contributed by atoms with Crippen LogP contribution in [0.25, 0.3) is 11.5 Å². The highest BCUT2D eigenvalue weighted by Gasteiger charge is 2.34. The minimum absolute atomic E-state index is 0.0224. The van der Waals surface area contributed by atoms with Gasteiger partial charge < -0.3 is 4.52 Å². The minimum atomic E-state index is -4.76. The number of alkyl halides is 3. The van der Waals surface area contributed by atoms with Gasteiger partial charge in [-0.05, 0) is 18.2 Å². The molecule has 8 heteroatoms. The van der Waals surface area contributed by atoms with E-state index in [-0.39, 0.29) is 15.3 Å². The molecule has 0 atom stereocenters. The van der Waals surface area contributed by atoms with Gasteiger partial charge in [0.1, 0.15) is 5.82 Å². The van der Waals surface area contributed by atoms with Crippen molar-refractivity contribution >= 4 is 22.6 Å². The van der Waals surface area contributed by atoms with Crippen molar-refractivity contribution < 1.29 is 22.1 Å². The second-order valence-electron chi connectivity index (χ2n) is 3.06. The van der Waals surface area contributed by atoms with E-state index in [4.69, 9.17) is 4.52 Å². The molecule has 0 aliphatic carbocycles. The van der Waals surface area contributed by atoms with Crippen LogP contribution in [0.3, 0.4) is 0 Å². The highest BCUT2D eigenvalue weighted by atomic mass is 127. The number of rotatable bonds is 1. The van der Waals surface area contributed by atoms with E-state index in [1.807, 2.05) is 0 Å². The van der Waals surface area contributed by atoms with Crippen LogP contribution >= 0.6 is 22.6 Å². The molecule has 2 rings (SSSR count). The predicted octanol–water partition coefficient (Wildman–Crippen LogP) is 3.50. The molecule has 0 saturated carbocycles. The molecular formula is C9H3F4IN2O. The topological polar surface area (TPSA) is 38.9 Å². The molecule has 2 aromatic rings. The van der Waals surface area contributed by atoms with Crippen LogP contribution in [0.1, 0.15) is 5.56 Å². The third-order valence-electron chi connectivity index (χ3n) is 1.92. The molecule has 90 valence electrons. The fraction of sp³-hybridized carbons (Fsp3) is 0.111. The van der Waals surface area contributed by atoms with Gasteiger partial charge in [0.15, 0.2) is 0 Å². The summed E-state index contributed by atoms with van der Waals surface area (Å²) in [5, 5.41) is 3.43. The molecule has 3 nitrogen and oxygen atoms in total. The average Bonchev–Trinajstić information content (AvgIpc) is 2.64. The summed E-state index contributed by atoms with van der Waals surface area (Å²) in [6, 6.07) is 2.50. The maximum Gasteiger partial charge on any atom is 0.419 e. The van der Waals surface area contributed by atoms with Crippen LogP contribution in [0.5, 0.6) is 0 Å². The lowest BCUT2D eigenvalue weighted by atomic mass is 10.1. The van der Waals surface area contributed by atoms with Crippen LogP contribution in [-0.4, -0.2) is 10.1 Å². The Bertz CT molecular complexity index is 552. The van der Waals surface area contributed by atoms with Crippen LogP contribution in [0.4, 0.5) is 17.6 Å². The molecule has 0 amide bonds. The fourth-order valence-electron chi connectivity index (χ4n) is 1.20. The minimum Gasteiger partial charge on any atom is -0.333 e. The van der Waals surface area contributed by atoms with E-state index in [0.717, 1.165) is 12.1 Å². The van der Waals surface area contributed by atoms with Gasteiger partial charge in [-0.2, -0.15) is 18.2 Å². The van der Waals surface area contributed by atoms with Crippen molar-refractivity contribution in [2.75, 3.05) is 0 Å². The van der Waals surface area contributed by atoms with E-state index in [2.05, 4.69) is 10.1 Å². The van der Waals surface area contributed by atoms with E-state index in [1.54, 1.807) is 22.6 Å². The largest absolute Gasteiger partial charge is 0.419 e. The van der Waals surface area contributed by atoms with Crippen LogP contribution in [0.2, 0.25) is 0 Å². The molecule has 0 aliphatic rings. The van der Waals surface area contributed by atoms with E-state index in [9.17, 15) is 17.6 Å². The number of nitrogens with zero attached hydrogens (tertiary/aromatic N) is 2. The number of halogens is 5. The summed E-state index contributed by atoms with van der Waals surface area (Å²) in [4.78, 5) is 3.75. The molecule has 0 N–H and O–H groups in total. The van der Waals surface area contributed by atoms with E-state index in [0.29, 0.717) is 6.07 Å². The monoisotopic (exact) mass is 358 g/mol. The van der Waals surface area contributed by atoms with Gasteiger partial charge >= 0.3 is 6.18 Å². The van der Waals surface area contributed by atoms with Crippen molar-refractivity contribution in [2.24, 2.45) is 0 Å².